The van der Waals surface area contributed by atoms with E-state index in [1.807, 2.05) is 4.90 Å². The van der Waals surface area contributed by atoms with Gasteiger partial charge in [-0.05, 0) is 50.7 Å². The van der Waals surface area contributed by atoms with Crippen LogP contribution in [-0.2, 0) is 4.79 Å². The minimum Gasteiger partial charge on any atom is -0.357 e. The normalized spacial score (nSPS) is 23.1. The van der Waals surface area contributed by atoms with E-state index in [2.05, 4.69) is 24.0 Å². The van der Waals surface area contributed by atoms with Gasteiger partial charge in [-0.15, -0.1) is 0 Å². The number of aromatic nitrogens is 1. The molecule has 2 aliphatic rings. The molecule has 0 spiro atoms. The second-order valence-corrected chi connectivity index (χ2v) is 5.89. The van der Waals surface area contributed by atoms with Crippen LogP contribution in [0.15, 0.2) is 12.1 Å². The van der Waals surface area contributed by atoms with Gasteiger partial charge in [0, 0.05) is 25.3 Å². The Labute approximate surface area is 120 Å². The lowest BCUT2D eigenvalue weighted by molar-refractivity contribution is -0.121. The number of aryl methyl sites for hydroxylation is 1. The maximum Gasteiger partial charge on any atom is 0.210 e. The molecule has 3 heterocycles. The summed E-state index contributed by atoms with van der Waals surface area (Å²) >= 11 is 0. The second kappa shape index (κ2) is 5.81. The van der Waals surface area contributed by atoms with Crippen LogP contribution in [0.5, 0.6) is 0 Å². The molecule has 3 rings (SSSR count). The smallest absolute Gasteiger partial charge is 0.210 e. The largest absolute Gasteiger partial charge is 0.357 e. The van der Waals surface area contributed by atoms with E-state index in [-0.39, 0.29) is 6.04 Å². The third-order valence-electron chi connectivity index (χ3n) is 4.58. The van der Waals surface area contributed by atoms with Gasteiger partial charge in [0.25, 0.3) is 0 Å². The molecule has 4 nitrogen and oxygen atoms in total. The Kier molecular flexibility index (Phi) is 3.90. The molecule has 1 amide bonds. The first-order chi connectivity index (χ1) is 9.79. The summed E-state index contributed by atoms with van der Waals surface area (Å²) in [5.74, 6) is 1.09. The maximum absolute atomic E-state index is 11.2. The van der Waals surface area contributed by atoms with Gasteiger partial charge < -0.3 is 9.80 Å². The van der Waals surface area contributed by atoms with Crippen LogP contribution in [0.4, 0.5) is 5.82 Å². The maximum atomic E-state index is 11.2. The predicted octanol–water partition coefficient (Wildman–Crippen LogP) is 2.67. The molecule has 1 aromatic rings. The summed E-state index contributed by atoms with van der Waals surface area (Å²) in [5.41, 5.74) is 2.30. The quantitative estimate of drug-likeness (QED) is 0.794. The van der Waals surface area contributed by atoms with Crippen LogP contribution in [0.3, 0.4) is 0 Å². The van der Waals surface area contributed by atoms with Gasteiger partial charge in [0.05, 0.1) is 6.04 Å². The van der Waals surface area contributed by atoms with Crippen molar-refractivity contribution < 1.29 is 4.79 Å². The molecule has 0 N–H and O–H groups in total. The second-order valence-electron chi connectivity index (χ2n) is 5.89. The number of amides is 1. The number of rotatable bonds is 3. The van der Waals surface area contributed by atoms with Crippen molar-refractivity contribution in [3.05, 3.63) is 23.4 Å². The number of anilines is 1. The molecule has 2 fully saturated rings. The van der Waals surface area contributed by atoms with Crippen LogP contribution in [-0.4, -0.2) is 35.9 Å². The van der Waals surface area contributed by atoms with E-state index in [1.165, 1.54) is 24.8 Å². The summed E-state index contributed by atoms with van der Waals surface area (Å²) in [7, 11) is 0. The Bertz CT molecular complexity index is 483. The van der Waals surface area contributed by atoms with Crippen molar-refractivity contribution in [2.75, 3.05) is 24.5 Å². The zero-order chi connectivity index (χ0) is 13.9. The molecule has 108 valence electrons. The fourth-order valence-corrected chi connectivity index (χ4v) is 3.45. The van der Waals surface area contributed by atoms with Crippen molar-refractivity contribution in [3.8, 4) is 0 Å². The van der Waals surface area contributed by atoms with Crippen LogP contribution < -0.4 is 4.90 Å². The van der Waals surface area contributed by atoms with Crippen LogP contribution >= 0.6 is 0 Å². The van der Waals surface area contributed by atoms with E-state index in [9.17, 15) is 4.79 Å². The number of carbonyl (C=O) groups is 1. The molecule has 20 heavy (non-hydrogen) atoms. The van der Waals surface area contributed by atoms with Crippen molar-refractivity contribution in [3.63, 3.8) is 0 Å². The van der Waals surface area contributed by atoms with Crippen molar-refractivity contribution >= 4 is 12.2 Å². The summed E-state index contributed by atoms with van der Waals surface area (Å²) in [6.45, 7) is 5.19. The number of pyridine rings is 1. The number of piperidine rings is 1. The van der Waals surface area contributed by atoms with Gasteiger partial charge in [-0.25, -0.2) is 4.98 Å². The van der Waals surface area contributed by atoms with E-state index in [0.29, 0.717) is 0 Å². The highest BCUT2D eigenvalue weighted by Crippen LogP contribution is 2.32. The van der Waals surface area contributed by atoms with Crippen molar-refractivity contribution in [2.24, 2.45) is 0 Å². The van der Waals surface area contributed by atoms with E-state index < -0.39 is 0 Å². The molecule has 2 aliphatic heterocycles. The third-order valence-corrected chi connectivity index (χ3v) is 4.58. The van der Waals surface area contributed by atoms with E-state index in [1.54, 1.807) is 0 Å². The molecule has 0 aromatic carbocycles. The summed E-state index contributed by atoms with van der Waals surface area (Å²) in [4.78, 5) is 20.3. The fraction of sp³-hybridized carbons (Fsp3) is 0.625. The Hall–Kier alpha value is -1.58. The molecule has 4 heteroatoms. The van der Waals surface area contributed by atoms with Crippen LogP contribution in [0, 0.1) is 6.92 Å². The molecule has 0 bridgehead atoms. The molecule has 2 saturated heterocycles. The number of likely N-dealkylation sites (tertiary alicyclic amines) is 1. The Morgan fingerprint density at radius 1 is 1.15 bits per heavy atom. The predicted molar refractivity (Wildman–Crippen MR) is 79.8 cm³/mol. The van der Waals surface area contributed by atoms with Gasteiger partial charge in [-0.1, -0.05) is 6.07 Å². The topological polar surface area (TPSA) is 36.4 Å². The minimum absolute atomic E-state index is 0.223. The monoisotopic (exact) mass is 273 g/mol. The Balaban J connectivity index is 1.84. The molecule has 0 saturated carbocycles. The lowest BCUT2D eigenvalue weighted by atomic mass is 9.95. The van der Waals surface area contributed by atoms with Gasteiger partial charge in [0.15, 0.2) is 0 Å². The molecule has 1 aromatic heterocycles. The molecule has 1 atom stereocenters. The van der Waals surface area contributed by atoms with Crippen LogP contribution in [0.2, 0.25) is 0 Å². The molecular formula is C16H23N3O. The third kappa shape index (κ3) is 2.51. The van der Waals surface area contributed by atoms with Crippen LogP contribution in [0.1, 0.15) is 49.4 Å². The lowest BCUT2D eigenvalue weighted by Crippen LogP contribution is -2.32. The van der Waals surface area contributed by atoms with Gasteiger partial charge in [-0.3, -0.25) is 4.79 Å². The molecule has 0 radical (unpaired) electrons. The number of carbonyl (C=O) groups excluding carboxylic acids is 1. The van der Waals surface area contributed by atoms with Gasteiger partial charge in [0.2, 0.25) is 6.41 Å². The summed E-state index contributed by atoms with van der Waals surface area (Å²) in [6.07, 6.45) is 6.91. The van der Waals surface area contributed by atoms with Crippen molar-refractivity contribution in [1.82, 2.24) is 9.88 Å². The van der Waals surface area contributed by atoms with E-state index in [4.69, 9.17) is 4.98 Å². The minimum atomic E-state index is 0.223. The van der Waals surface area contributed by atoms with Crippen molar-refractivity contribution in [2.45, 2.75) is 45.1 Å². The molecule has 0 unspecified atom stereocenters. The highest BCUT2D eigenvalue weighted by atomic mass is 16.1. The Morgan fingerprint density at radius 3 is 2.60 bits per heavy atom. The van der Waals surface area contributed by atoms with Gasteiger partial charge in [-0.2, -0.15) is 0 Å². The van der Waals surface area contributed by atoms with Gasteiger partial charge in [0.1, 0.15) is 5.82 Å². The van der Waals surface area contributed by atoms with Gasteiger partial charge >= 0.3 is 0 Å². The summed E-state index contributed by atoms with van der Waals surface area (Å²) in [5, 5.41) is 0. The SMILES string of the molecule is Cc1nc(N2CCCC2)ccc1[C@H]1CCCCN1C=O. The standard InChI is InChI=1S/C16H23N3O/c1-13-14(15-6-2-3-11-19(15)12-20)7-8-16(17-13)18-9-4-5-10-18/h7-8,12,15H,2-6,9-11H2,1H3/t15-/m1/s1. The van der Waals surface area contributed by atoms with Crippen molar-refractivity contribution in [1.29, 1.82) is 0 Å². The number of hydrogen-bond donors (Lipinski definition) is 0. The Morgan fingerprint density at radius 2 is 1.90 bits per heavy atom. The average molecular weight is 273 g/mol. The van der Waals surface area contributed by atoms with E-state index >= 15 is 0 Å². The number of hydrogen-bond acceptors (Lipinski definition) is 3. The lowest BCUT2D eigenvalue weighted by Gasteiger charge is -2.33. The first-order valence-electron chi connectivity index (χ1n) is 7.73. The first kappa shape index (κ1) is 13.4. The fourth-order valence-electron chi connectivity index (χ4n) is 3.45. The van der Waals surface area contributed by atoms with Crippen LogP contribution in [0.25, 0.3) is 0 Å². The molecular weight excluding hydrogens is 250 g/mol. The van der Waals surface area contributed by atoms with E-state index in [0.717, 1.165) is 50.4 Å². The average Bonchev–Trinajstić information content (AvgIpc) is 3.01. The number of nitrogens with zero attached hydrogens (tertiary/aromatic N) is 3. The summed E-state index contributed by atoms with van der Waals surface area (Å²) in [6, 6.07) is 4.54. The summed E-state index contributed by atoms with van der Waals surface area (Å²) < 4.78 is 0. The zero-order valence-corrected chi connectivity index (χ0v) is 12.2. The highest BCUT2D eigenvalue weighted by Gasteiger charge is 2.25. The zero-order valence-electron chi connectivity index (χ0n) is 12.2. The highest BCUT2D eigenvalue weighted by molar-refractivity contribution is 5.50. The first-order valence-corrected chi connectivity index (χ1v) is 7.73. The molecule has 0 aliphatic carbocycles.